The first-order chi connectivity index (χ1) is 11.8. The van der Waals surface area contributed by atoms with E-state index >= 15 is 0 Å². The molecule has 0 aliphatic carbocycles. The van der Waals surface area contributed by atoms with Gasteiger partial charge in [0.2, 0.25) is 0 Å². The van der Waals surface area contributed by atoms with Crippen LogP contribution in [0.1, 0.15) is 31.1 Å². The summed E-state index contributed by atoms with van der Waals surface area (Å²) in [7, 11) is 0. The fourth-order valence-corrected chi connectivity index (χ4v) is 2.13. The van der Waals surface area contributed by atoms with Crippen molar-refractivity contribution in [1.29, 1.82) is 0 Å². The number of hydrogen-bond acceptors (Lipinski definition) is 6. The Labute approximate surface area is 144 Å². The third-order valence-electron chi connectivity index (χ3n) is 3.23. The second kappa shape index (κ2) is 8.01. The van der Waals surface area contributed by atoms with Crippen LogP contribution in [-0.2, 0) is 14.3 Å². The van der Waals surface area contributed by atoms with Gasteiger partial charge in [0.1, 0.15) is 11.9 Å². The van der Waals surface area contributed by atoms with Crippen molar-refractivity contribution in [1.82, 2.24) is 0 Å². The summed E-state index contributed by atoms with van der Waals surface area (Å²) in [6.07, 6.45) is 2.65. The summed E-state index contributed by atoms with van der Waals surface area (Å²) in [6, 6.07) is 10.9. The van der Waals surface area contributed by atoms with E-state index in [-0.39, 0.29) is 11.5 Å². The number of benzene rings is 2. The van der Waals surface area contributed by atoms with Gasteiger partial charge < -0.3 is 19.7 Å². The molecule has 0 radical (unpaired) electrons. The number of phenolic OH excluding ortho intramolecular Hbond substituents is 2. The zero-order chi connectivity index (χ0) is 18.4. The molecule has 0 fully saturated rings. The average Bonchev–Trinajstić information content (AvgIpc) is 2.54. The first-order valence-corrected chi connectivity index (χ1v) is 7.51. The maximum Gasteiger partial charge on any atom is 0.308 e. The quantitative estimate of drug-likeness (QED) is 0.492. The summed E-state index contributed by atoms with van der Waals surface area (Å²) in [4.78, 5) is 22.3. The van der Waals surface area contributed by atoms with E-state index < -0.39 is 18.0 Å². The number of aromatic hydroxyl groups is 2. The first-order valence-electron chi connectivity index (χ1n) is 7.51. The van der Waals surface area contributed by atoms with Crippen LogP contribution in [0.2, 0.25) is 0 Å². The van der Waals surface area contributed by atoms with E-state index in [1.807, 2.05) is 0 Å². The van der Waals surface area contributed by atoms with Crippen LogP contribution in [0.25, 0.3) is 6.08 Å². The molecule has 1 atom stereocenters. The van der Waals surface area contributed by atoms with E-state index in [0.717, 1.165) is 0 Å². The third kappa shape index (κ3) is 5.39. The zero-order valence-corrected chi connectivity index (χ0v) is 13.8. The van der Waals surface area contributed by atoms with E-state index in [4.69, 9.17) is 9.47 Å². The number of hydrogen-bond donors (Lipinski definition) is 2. The maximum absolute atomic E-state index is 11.4. The van der Waals surface area contributed by atoms with E-state index in [1.165, 1.54) is 26.0 Å². The van der Waals surface area contributed by atoms with Gasteiger partial charge in [-0.1, -0.05) is 24.3 Å². The second-order valence-corrected chi connectivity index (χ2v) is 5.30. The molecule has 2 aromatic carbocycles. The summed E-state index contributed by atoms with van der Waals surface area (Å²) < 4.78 is 10.3. The standard InChI is InChI=1S/C19H18O6/c1-12(20)24-16-7-5-15(6-8-16)19(25-13(2)21)10-4-14-3-9-17(22)18(23)11-14/h3-11,19,22-23H,1-2H3/b10-4+. The number of rotatable bonds is 5. The van der Waals surface area contributed by atoms with Gasteiger partial charge >= 0.3 is 11.9 Å². The summed E-state index contributed by atoms with van der Waals surface area (Å²) in [5.74, 6) is -0.930. The highest BCUT2D eigenvalue weighted by atomic mass is 16.5. The van der Waals surface area contributed by atoms with Crippen LogP contribution >= 0.6 is 0 Å². The van der Waals surface area contributed by atoms with Crippen LogP contribution in [0, 0.1) is 0 Å². The lowest BCUT2D eigenvalue weighted by molar-refractivity contribution is -0.144. The number of ether oxygens (including phenoxy) is 2. The molecule has 0 amide bonds. The smallest absolute Gasteiger partial charge is 0.308 e. The predicted molar refractivity (Wildman–Crippen MR) is 91.1 cm³/mol. The predicted octanol–water partition coefficient (Wildman–Crippen LogP) is 3.34. The lowest BCUT2D eigenvalue weighted by Gasteiger charge is -2.14. The van der Waals surface area contributed by atoms with Gasteiger partial charge in [-0.05, 0) is 41.5 Å². The van der Waals surface area contributed by atoms with Crippen molar-refractivity contribution < 1.29 is 29.3 Å². The molecule has 0 spiro atoms. The van der Waals surface area contributed by atoms with Crippen molar-refractivity contribution in [3.05, 3.63) is 59.7 Å². The minimum Gasteiger partial charge on any atom is -0.504 e. The third-order valence-corrected chi connectivity index (χ3v) is 3.23. The molecule has 130 valence electrons. The number of phenols is 2. The van der Waals surface area contributed by atoms with Crippen LogP contribution in [0.3, 0.4) is 0 Å². The molecule has 0 saturated carbocycles. The van der Waals surface area contributed by atoms with Gasteiger partial charge in [-0.25, -0.2) is 0 Å². The second-order valence-electron chi connectivity index (χ2n) is 5.30. The molecule has 0 aliphatic heterocycles. The van der Waals surface area contributed by atoms with Crippen molar-refractivity contribution >= 4 is 18.0 Å². The van der Waals surface area contributed by atoms with E-state index in [2.05, 4.69) is 0 Å². The van der Waals surface area contributed by atoms with Crippen LogP contribution in [0.5, 0.6) is 17.2 Å². The van der Waals surface area contributed by atoms with Crippen molar-refractivity contribution in [2.24, 2.45) is 0 Å². The molecule has 0 aliphatic rings. The highest BCUT2D eigenvalue weighted by Crippen LogP contribution is 2.27. The van der Waals surface area contributed by atoms with Gasteiger partial charge in [-0.15, -0.1) is 0 Å². The monoisotopic (exact) mass is 342 g/mol. The molecule has 1 unspecified atom stereocenters. The molecule has 0 saturated heterocycles. The molecule has 6 nitrogen and oxygen atoms in total. The minimum absolute atomic E-state index is 0.213. The highest BCUT2D eigenvalue weighted by Gasteiger charge is 2.12. The fraction of sp³-hybridized carbons (Fsp3) is 0.158. The SMILES string of the molecule is CC(=O)Oc1ccc(C(/C=C/c2ccc(O)c(O)c2)OC(C)=O)cc1. The van der Waals surface area contributed by atoms with Gasteiger partial charge in [0.05, 0.1) is 0 Å². The van der Waals surface area contributed by atoms with E-state index in [1.54, 1.807) is 42.5 Å². The minimum atomic E-state index is -0.653. The van der Waals surface area contributed by atoms with Crippen LogP contribution in [0.15, 0.2) is 48.5 Å². The molecule has 6 heteroatoms. The van der Waals surface area contributed by atoms with Gasteiger partial charge in [0, 0.05) is 13.8 Å². The Morgan fingerprint density at radius 2 is 1.64 bits per heavy atom. The molecule has 0 heterocycles. The molecule has 25 heavy (non-hydrogen) atoms. The number of carbonyl (C=O) groups excluding carboxylic acids is 2. The summed E-state index contributed by atoms with van der Waals surface area (Å²) in [5.41, 5.74) is 1.31. The largest absolute Gasteiger partial charge is 0.504 e. The Kier molecular flexibility index (Phi) is 5.79. The Bertz CT molecular complexity index is 792. The number of carbonyl (C=O) groups is 2. The summed E-state index contributed by atoms with van der Waals surface area (Å²) in [6.45, 7) is 2.62. The molecule has 2 aromatic rings. The molecule has 0 aromatic heterocycles. The van der Waals surface area contributed by atoms with Crippen molar-refractivity contribution in [2.45, 2.75) is 20.0 Å². The van der Waals surface area contributed by atoms with Crippen LogP contribution in [-0.4, -0.2) is 22.2 Å². The molecular formula is C19H18O6. The number of esters is 2. The lowest BCUT2D eigenvalue weighted by atomic mass is 10.1. The Hall–Kier alpha value is -3.28. The summed E-state index contributed by atoms with van der Waals surface area (Å²) in [5, 5.41) is 18.8. The zero-order valence-electron chi connectivity index (χ0n) is 13.8. The average molecular weight is 342 g/mol. The van der Waals surface area contributed by atoms with Crippen LogP contribution in [0.4, 0.5) is 0 Å². The van der Waals surface area contributed by atoms with Gasteiger partial charge in [0.25, 0.3) is 0 Å². The van der Waals surface area contributed by atoms with Crippen molar-refractivity contribution in [3.63, 3.8) is 0 Å². The topological polar surface area (TPSA) is 93.1 Å². The van der Waals surface area contributed by atoms with E-state index in [9.17, 15) is 19.8 Å². The van der Waals surface area contributed by atoms with Gasteiger partial charge in [-0.2, -0.15) is 0 Å². The van der Waals surface area contributed by atoms with Crippen molar-refractivity contribution in [3.8, 4) is 17.2 Å². The van der Waals surface area contributed by atoms with Gasteiger partial charge in [0.15, 0.2) is 11.5 Å². The maximum atomic E-state index is 11.4. The molecular weight excluding hydrogens is 324 g/mol. The summed E-state index contributed by atoms with van der Waals surface area (Å²) >= 11 is 0. The normalized spacial score (nSPS) is 11.9. The highest BCUT2D eigenvalue weighted by molar-refractivity contribution is 5.69. The van der Waals surface area contributed by atoms with Crippen LogP contribution < -0.4 is 4.74 Å². The molecule has 0 bridgehead atoms. The molecule has 2 rings (SSSR count). The first kappa shape index (κ1) is 18.1. The van der Waals surface area contributed by atoms with Gasteiger partial charge in [-0.3, -0.25) is 9.59 Å². The van der Waals surface area contributed by atoms with E-state index in [0.29, 0.717) is 16.9 Å². The lowest BCUT2D eigenvalue weighted by Crippen LogP contribution is -2.06. The molecule has 2 N–H and O–H groups in total. The Morgan fingerprint density at radius 3 is 2.20 bits per heavy atom. The Morgan fingerprint density at radius 1 is 0.960 bits per heavy atom. The van der Waals surface area contributed by atoms with Crippen molar-refractivity contribution in [2.75, 3.05) is 0 Å². The fourth-order valence-electron chi connectivity index (χ4n) is 2.13. The Balaban J connectivity index is 2.23.